The number of likely N-dealkylation sites (tertiary alicyclic amines) is 1. The first-order chi connectivity index (χ1) is 9.08. The van der Waals surface area contributed by atoms with Crippen molar-refractivity contribution in [3.05, 3.63) is 35.9 Å². The first-order valence-electron chi connectivity index (χ1n) is 6.43. The summed E-state index contributed by atoms with van der Waals surface area (Å²) in [5, 5.41) is 2.91. The van der Waals surface area contributed by atoms with E-state index in [-0.39, 0.29) is 17.9 Å². The smallest absolute Gasteiger partial charge is 0.241 e. The number of hydrogen-bond acceptors (Lipinski definition) is 3. The summed E-state index contributed by atoms with van der Waals surface area (Å²) in [6.45, 7) is 0.548. The molecular weight excluding hydrogens is 242 g/mol. The number of likely N-dealkylation sites (N-methyl/N-ethyl adjacent to an activating group) is 1. The van der Waals surface area contributed by atoms with Gasteiger partial charge in [-0.25, -0.2) is 0 Å². The minimum absolute atomic E-state index is 0.00929. The Balaban J connectivity index is 1.93. The largest absolute Gasteiger partial charge is 0.350 e. The number of amides is 2. The first-order valence-corrected chi connectivity index (χ1v) is 6.43. The van der Waals surface area contributed by atoms with Crippen LogP contribution in [-0.4, -0.2) is 36.3 Å². The highest BCUT2D eigenvalue weighted by atomic mass is 16.2. The minimum atomic E-state index is -0.663. The van der Waals surface area contributed by atoms with Crippen LogP contribution in [0.1, 0.15) is 24.4 Å². The Morgan fingerprint density at radius 2 is 2.11 bits per heavy atom. The van der Waals surface area contributed by atoms with Crippen LogP contribution in [0.2, 0.25) is 0 Å². The Hall–Kier alpha value is -1.88. The van der Waals surface area contributed by atoms with E-state index in [4.69, 9.17) is 5.73 Å². The first kappa shape index (κ1) is 13.5. The molecule has 1 fully saturated rings. The van der Waals surface area contributed by atoms with Gasteiger partial charge in [-0.05, 0) is 12.0 Å². The Bertz CT molecular complexity index is 461. The second-order valence-electron chi connectivity index (χ2n) is 4.91. The van der Waals surface area contributed by atoms with E-state index in [1.54, 1.807) is 11.9 Å². The fourth-order valence-corrected chi connectivity index (χ4v) is 2.23. The zero-order valence-electron chi connectivity index (χ0n) is 11.0. The molecule has 0 aromatic heterocycles. The van der Waals surface area contributed by atoms with Crippen molar-refractivity contribution in [1.82, 2.24) is 10.2 Å². The predicted molar refractivity (Wildman–Crippen MR) is 72.2 cm³/mol. The van der Waals surface area contributed by atoms with Gasteiger partial charge in [0.05, 0.1) is 0 Å². The maximum absolute atomic E-state index is 12.1. The summed E-state index contributed by atoms with van der Waals surface area (Å²) < 4.78 is 0. The number of nitrogens with two attached hydrogens (primary N) is 1. The van der Waals surface area contributed by atoms with Gasteiger partial charge in [0, 0.05) is 26.1 Å². The van der Waals surface area contributed by atoms with E-state index < -0.39 is 6.04 Å². The van der Waals surface area contributed by atoms with Gasteiger partial charge in [0.2, 0.25) is 11.8 Å². The minimum Gasteiger partial charge on any atom is -0.350 e. The molecule has 2 rings (SSSR count). The molecule has 2 amide bonds. The van der Waals surface area contributed by atoms with E-state index in [1.807, 2.05) is 30.3 Å². The Morgan fingerprint density at radius 3 is 2.74 bits per heavy atom. The molecular formula is C14H19N3O2. The highest BCUT2D eigenvalue weighted by molar-refractivity contribution is 5.83. The zero-order chi connectivity index (χ0) is 13.8. The maximum Gasteiger partial charge on any atom is 0.241 e. The van der Waals surface area contributed by atoms with Gasteiger partial charge in [0.1, 0.15) is 6.04 Å². The third-order valence-corrected chi connectivity index (χ3v) is 3.41. The fourth-order valence-electron chi connectivity index (χ4n) is 2.23. The van der Waals surface area contributed by atoms with Crippen LogP contribution in [-0.2, 0) is 9.59 Å². The topological polar surface area (TPSA) is 75.4 Å². The van der Waals surface area contributed by atoms with Crippen LogP contribution in [0.25, 0.3) is 0 Å². The predicted octanol–water partition coefficient (Wildman–Crippen LogP) is 0.423. The van der Waals surface area contributed by atoms with E-state index in [0.717, 1.165) is 5.56 Å². The van der Waals surface area contributed by atoms with Crippen LogP contribution < -0.4 is 11.1 Å². The van der Waals surface area contributed by atoms with Crippen molar-refractivity contribution in [3.63, 3.8) is 0 Å². The Kier molecular flexibility index (Phi) is 4.16. The van der Waals surface area contributed by atoms with Crippen LogP contribution in [0.5, 0.6) is 0 Å². The molecule has 1 heterocycles. The van der Waals surface area contributed by atoms with Crippen LogP contribution in [0.15, 0.2) is 30.3 Å². The summed E-state index contributed by atoms with van der Waals surface area (Å²) in [6, 6.07) is 8.59. The fraction of sp³-hybridized carbons (Fsp3) is 0.429. The lowest BCUT2D eigenvalue weighted by Gasteiger charge is -2.30. The second-order valence-corrected chi connectivity index (χ2v) is 4.91. The van der Waals surface area contributed by atoms with Gasteiger partial charge in [-0.15, -0.1) is 0 Å². The maximum atomic E-state index is 12.1. The molecule has 0 bridgehead atoms. The summed E-state index contributed by atoms with van der Waals surface area (Å²) in [7, 11) is 1.75. The van der Waals surface area contributed by atoms with Gasteiger partial charge < -0.3 is 16.0 Å². The summed E-state index contributed by atoms with van der Waals surface area (Å²) in [6.07, 6.45) is 1.15. The molecule has 1 saturated heterocycles. The van der Waals surface area contributed by atoms with E-state index in [9.17, 15) is 9.59 Å². The third-order valence-electron chi connectivity index (χ3n) is 3.41. The van der Waals surface area contributed by atoms with Crippen LogP contribution in [0.3, 0.4) is 0 Å². The van der Waals surface area contributed by atoms with Crippen molar-refractivity contribution >= 4 is 11.8 Å². The quantitative estimate of drug-likeness (QED) is 0.828. The molecule has 2 atom stereocenters. The number of carbonyl (C=O) groups excluding carboxylic acids is 2. The molecule has 0 aliphatic carbocycles. The van der Waals surface area contributed by atoms with Gasteiger partial charge in [-0.1, -0.05) is 30.3 Å². The Morgan fingerprint density at radius 1 is 1.42 bits per heavy atom. The number of rotatable bonds is 3. The molecule has 1 aromatic rings. The monoisotopic (exact) mass is 261 g/mol. The molecule has 3 N–H and O–H groups in total. The van der Waals surface area contributed by atoms with Crippen molar-refractivity contribution in [2.45, 2.75) is 24.9 Å². The molecule has 102 valence electrons. The third kappa shape index (κ3) is 3.32. The summed E-state index contributed by atoms with van der Waals surface area (Å²) in [5.74, 6) is -0.0724. The van der Waals surface area contributed by atoms with E-state index in [1.165, 1.54) is 0 Å². The number of nitrogens with zero attached hydrogens (tertiary/aromatic N) is 1. The second kappa shape index (κ2) is 5.84. The van der Waals surface area contributed by atoms with Gasteiger partial charge in [-0.3, -0.25) is 9.59 Å². The summed E-state index contributed by atoms with van der Waals surface area (Å²) in [4.78, 5) is 25.1. The van der Waals surface area contributed by atoms with Crippen molar-refractivity contribution in [3.8, 4) is 0 Å². The number of hydrogen-bond donors (Lipinski definition) is 2. The van der Waals surface area contributed by atoms with Gasteiger partial charge in [-0.2, -0.15) is 0 Å². The number of piperidine rings is 1. The van der Waals surface area contributed by atoms with E-state index >= 15 is 0 Å². The molecule has 1 aliphatic rings. The van der Waals surface area contributed by atoms with E-state index in [2.05, 4.69) is 5.32 Å². The number of nitrogens with one attached hydrogen (secondary N) is 1. The average molecular weight is 261 g/mol. The molecule has 0 radical (unpaired) electrons. The molecule has 19 heavy (non-hydrogen) atoms. The standard InChI is InChI=1S/C14H19N3O2/c1-17-9-11(7-8-12(17)18)16-14(19)13(15)10-5-3-2-4-6-10/h2-6,11,13H,7-9,15H2,1H3,(H,16,19)/t11?,13-/m1/s1. The Labute approximate surface area is 112 Å². The highest BCUT2D eigenvalue weighted by Crippen LogP contribution is 2.13. The van der Waals surface area contributed by atoms with Crippen LogP contribution in [0.4, 0.5) is 0 Å². The van der Waals surface area contributed by atoms with Gasteiger partial charge in [0.25, 0.3) is 0 Å². The normalized spacial score (nSPS) is 21.1. The zero-order valence-corrected chi connectivity index (χ0v) is 11.0. The van der Waals surface area contributed by atoms with Gasteiger partial charge >= 0.3 is 0 Å². The molecule has 0 saturated carbocycles. The highest BCUT2D eigenvalue weighted by Gasteiger charge is 2.26. The van der Waals surface area contributed by atoms with Crippen molar-refractivity contribution in [2.24, 2.45) is 5.73 Å². The molecule has 5 heteroatoms. The van der Waals surface area contributed by atoms with Crippen molar-refractivity contribution in [1.29, 1.82) is 0 Å². The van der Waals surface area contributed by atoms with Crippen LogP contribution >= 0.6 is 0 Å². The lowest BCUT2D eigenvalue weighted by molar-refractivity contribution is -0.134. The van der Waals surface area contributed by atoms with Gasteiger partial charge in [0.15, 0.2) is 0 Å². The molecule has 1 aromatic carbocycles. The summed E-state index contributed by atoms with van der Waals surface area (Å²) in [5.41, 5.74) is 6.72. The molecule has 1 aliphatic heterocycles. The molecule has 1 unspecified atom stereocenters. The van der Waals surface area contributed by atoms with Crippen molar-refractivity contribution < 1.29 is 9.59 Å². The van der Waals surface area contributed by atoms with Crippen molar-refractivity contribution in [2.75, 3.05) is 13.6 Å². The van der Waals surface area contributed by atoms with E-state index in [0.29, 0.717) is 19.4 Å². The molecule has 5 nitrogen and oxygen atoms in total. The number of benzene rings is 1. The lowest BCUT2D eigenvalue weighted by atomic mass is 10.0. The van der Waals surface area contributed by atoms with Crippen LogP contribution in [0, 0.1) is 0 Å². The SMILES string of the molecule is CN1CC(NC(=O)[C@H](N)c2ccccc2)CCC1=O. The summed E-state index contributed by atoms with van der Waals surface area (Å²) >= 11 is 0. The molecule has 0 spiro atoms. The lowest BCUT2D eigenvalue weighted by Crippen LogP contribution is -2.50. The number of carbonyl (C=O) groups is 2. The average Bonchev–Trinajstić information content (AvgIpc) is 2.43.